The normalized spacial score (nSPS) is 10.8. The summed E-state index contributed by atoms with van der Waals surface area (Å²) in [4.78, 5) is 4.67. The Hall–Kier alpha value is -2.07. The summed E-state index contributed by atoms with van der Waals surface area (Å²) in [5.41, 5.74) is 4.15. The van der Waals surface area contributed by atoms with Crippen LogP contribution in [0, 0.1) is 6.92 Å². The number of aryl methyl sites for hydroxylation is 1. The van der Waals surface area contributed by atoms with E-state index in [1.165, 1.54) is 0 Å². The predicted octanol–water partition coefficient (Wildman–Crippen LogP) is 4.02. The molecule has 0 amide bonds. The highest BCUT2D eigenvalue weighted by atomic mass is 32.1. The lowest BCUT2D eigenvalue weighted by atomic mass is 10.2. The summed E-state index contributed by atoms with van der Waals surface area (Å²) < 4.78 is 1.02. The fourth-order valence-corrected chi connectivity index (χ4v) is 3.16. The quantitative estimate of drug-likeness (QED) is 0.739. The summed E-state index contributed by atoms with van der Waals surface area (Å²) in [6.07, 6.45) is 0. The first kappa shape index (κ1) is 12.0. The number of phenolic OH excluding ortho intramolecular Hbond substituents is 1. The highest BCUT2D eigenvalue weighted by Gasteiger charge is 2.09. The van der Waals surface area contributed by atoms with E-state index in [2.05, 4.69) is 22.4 Å². The van der Waals surface area contributed by atoms with Crippen molar-refractivity contribution in [2.45, 2.75) is 6.92 Å². The van der Waals surface area contributed by atoms with Crippen LogP contribution in [0.3, 0.4) is 0 Å². The van der Waals surface area contributed by atoms with Crippen molar-refractivity contribution in [1.29, 1.82) is 0 Å². The van der Waals surface area contributed by atoms with Gasteiger partial charge in [-0.3, -0.25) is 0 Å². The largest absolute Gasteiger partial charge is 0.508 e. The first-order valence-electron chi connectivity index (χ1n) is 6.06. The van der Waals surface area contributed by atoms with E-state index in [1.807, 2.05) is 26.1 Å². The van der Waals surface area contributed by atoms with Gasteiger partial charge in [0, 0.05) is 18.3 Å². The van der Waals surface area contributed by atoms with Crippen LogP contribution >= 0.6 is 11.3 Å². The fraction of sp³-hybridized carbons (Fsp3) is 0.133. The maximum atomic E-state index is 9.63. The minimum absolute atomic E-state index is 0.297. The van der Waals surface area contributed by atoms with Crippen LogP contribution in [0.25, 0.3) is 20.8 Å². The van der Waals surface area contributed by atoms with Gasteiger partial charge in [0.15, 0.2) is 0 Å². The Morgan fingerprint density at radius 1 is 1.16 bits per heavy atom. The summed E-state index contributed by atoms with van der Waals surface area (Å²) >= 11 is 1.60. The van der Waals surface area contributed by atoms with Gasteiger partial charge in [0.05, 0.1) is 10.2 Å². The van der Waals surface area contributed by atoms with Crippen molar-refractivity contribution >= 4 is 27.2 Å². The van der Waals surface area contributed by atoms with E-state index in [-0.39, 0.29) is 0 Å². The number of aromatic nitrogens is 1. The predicted molar refractivity (Wildman–Crippen MR) is 81.0 cm³/mol. The monoisotopic (exact) mass is 270 g/mol. The molecule has 3 aromatic rings. The molecule has 0 atom stereocenters. The number of anilines is 1. The molecule has 1 aromatic heterocycles. The van der Waals surface area contributed by atoms with Gasteiger partial charge >= 0.3 is 0 Å². The zero-order chi connectivity index (χ0) is 13.4. The number of nitrogens with zero attached hydrogens (tertiary/aromatic N) is 1. The van der Waals surface area contributed by atoms with Gasteiger partial charge in [-0.2, -0.15) is 0 Å². The number of aromatic hydroxyl groups is 1. The summed E-state index contributed by atoms with van der Waals surface area (Å²) in [6.45, 7) is 1.97. The fourth-order valence-electron chi connectivity index (χ4n) is 2.08. The first-order valence-corrected chi connectivity index (χ1v) is 6.87. The van der Waals surface area contributed by atoms with Crippen molar-refractivity contribution in [3.8, 4) is 16.3 Å². The molecule has 96 valence electrons. The number of rotatable bonds is 2. The lowest BCUT2D eigenvalue weighted by Crippen LogP contribution is -1.86. The van der Waals surface area contributed by atoms with Gasteiger partial charge in [-0.05, 0) is 48.9 Å². The lowest BCUT2D eigenvalue weighted by Gasteiger charge is -2.00. The van der Waals surface area contributed by atoms with Crippen molar-refractivity contribution < 1.29 is 5.11 Å². The third kappa shape index (κ3) is 2.15. The molecule has 0 radical (unpaired) electrons. The molecule has 2 aromatic carbocycles. The molecule has 0 unspecified atom stereocenters. The number of nitrogens with one attached hydrogen (secondary N) is 1. The molecule has 0 bridgehead atoms. The number of hydrogen-bond acceptors (Lipinski definition) is 4. The smallest absolute Gasteiger partial charge is 0.124 e. The van der Waals surface area contributed by atoms with Crippen LogP contribution in [0.4, 0.5) is 5.69 Å². The van der Waals surface area contributed by atoms with E-state index in [0.717, 1.165) is 32.0 Å². The molecule has 3 nitrogen and oxygen atoms in total. The summed E-state index contributed by atoms with van der Waals surface area (Å²) in [7, 11) is 1.90. The second-order valence-electron chi connectivity index (χ2n) is 4.46. The minimum Gasteiger partial charge on any atom is -0.508 e. The Labute approximate surface area is 115 Å². The Morgan fingerprint density at radius 2 is 1.89 bits per heavy atom. The number of hydrogen-bond donors (Lipinski definition) is 2. The van der Waals surface area contributed by atoms with Crippen LogP contribution in [0.1, 0.15) is 5.56 Å². The number of phenols is 1. The highest BCUT2D eigenvalue weighted by Crippen LogP contribution is 2.34. The van der Waals surface area contributed by atoms with E-state index in [0.29, 0.717) is 5.75 Å². The van der Waals surface area contributed by atoms with E-state index >= 15 is 0 Å². The maximum absolute atomic E-state index is 9.63. The Kier molecular flexibility index (Phi) is 2.87. The molecule has 0 aliphatic rings. The van der Waals surface area contributed by atoms with E-state index in [4.69, 9.17) is 0 Å². The molecule has 2 N–H and O–H groups in total. The molecule has 0 saturated carbocycles. The van der Waals surface area contributed by atoms with Gasteiger partial charge in [-0.1, -0.05) is 0 Å². The molecule has 0 aliphatic heterocycles. The van der Waals surface area contributed by atoms with Gasteiger partial charge in [-0.15, -0.1) is 11.3 Å². The van der Waals surface area contributed by atoms with Crippen molar-refractivity contribution in [1.82, 2.24) is 4.98 Å². The minimum atomic E-state index is 0.297. The molecule has 19 heavy (non-hydrogen) atoms. The first-order chi connectivity index (χ1) is 9.17. The number of fused-ring (bicyclic) bond motifs is 1. The lowest BCUT2D eigenvalue weighted by molar-refractivity contribution is 0.476. The highest BCUT2D eigenvalue weighted by molar-refractivity contribution is 7.21. The molecule has 0 aliphatic carbocycles. The molecule has 0 saturated heterocycles. The summed E-state index contributed by atoms with van der Waals surface area (Å²) in [6, 6.07) is 11.7. The second-order valence-corrected chi connectivity index (χ2v) is 5.49. The van der Waals surface area contributed by atoms with E-state index in [1.54, 1.807) is 23.5 Å². The zero-order valence-electron chi connectivity index (χ0n) is 10.8. The molecule has 0 fully saturated rings. The maximum Gasteiger partial charge on any atom is 0.124 e. The van der Waals surface area contributed by atoms with Crippen LogP contribution < -0.4 is 5.32 Å². The van der Waals surface area contributed by atoms with Gasteiger partial charge < -0.3 is 10.4 Å². The average Bonchev–Trinajstić information content (AvgIpc) is 2.83. The summed E-state index contributed by atoms with van der Waals surface area (Å²) in [5.74, 6) is 0.297. The molecule has 4 heteroatoms. The second kappa shape index (κ2) is 4.55. The average molecular weight is 270 g/mol. The van der Waals surface area contributed by atoms with Crippen LogP contribution in [0.2, 0.25) is 0 Å². The van der Waals surface area contributed by atoms with Gasteiger partial charge in [0.1, 0.15) is 10.8 Å². The SMILES string of the molecule is CNc1ccc(-c2nc3c(C)cc(O)cc3s2)cc1. The van der Waals surface area contributed by atoms with Crippen LogP contribution in [0.15, 0.2) is 36.4 Å². The topological polar surface area (TPSA) is 45.2 Å². The van der Waals surface area contributed by atoms with Crippen molar-refractivity contribution in [3.63, 3.8) is 0 Å². The third-order valence-electron chi connectivity index (χ3n) is 3.09. The van der Waals surface area contributed by atoms with E-state index in [9.17, 15) is 5.11 Å². The van der Waals surface area contributed by atoms with Gasteiger partial charge in [-0.25, -0.2) is 4.98 Å². The molecular formula is C15H14N2OS. The Balaban J connectivity index is 2.12. The van der Waals surface area contributed by atoms with Crippen molar-refractivity contribution in [2.75, 3.05) is 12.4 Å². The van der Waals surface area contributed by atoms with Crippen LogP contribution in [-0.4, -0.2) is 17.1 Å². The van der Waals surface area contributed by atoms with Crippen LogP contribution in [-0.2, 0) is 0 Å². The number of thiazole rings is 1. The molecule has 0 spiro atoms. The van der Waals surface area contributed by atoms with Crippen molar-refractivity contribution in [2.24, 2.45) is 0 Å². The van der Waals surface area contributed by atoms with Gasteiger partial charge in [0.2, 0.25) is 0 Å². The molecule has 1 heterocycles. The molecular weight excluding hydrogens is 256 g/mol. The Morgan fingerprint density at radius 3 is 2.58 bits per heavy atom. The van der Waals surface area contributed by atoms with Crippen molar-refractivity contribution in [3.05, 3.63) is 42.0 Å². The molecule has 3 rings (SSSR count). The third-order valence-corrected chi connectivity index (χ3v) is 4.14. The number of benzene rings is 2. The standard InChI is InChI=1S/C15H14N2OS/c1-9-7-12(18)8-13-14(9)17-15(19-13)10-3-5-11(16-2)6-4-10/h3-8,16,18H,1-2H3. The van der Waals surface area contributed by atoms with E-state index < -0.39 is 0 Å². The summed E-state index contributed by atoms with van der Waals surface area (Å²) in [5, 5.41) is 13.7. The van der Waals surface area contributed by atoms with Gasteiger partial charge in [0.25, 0.3) is 0 Å². The van der Waals surface area contributed by atoms with Crippen LogP contribution in [0.5, 0.6) is 5.75 Å². The zero-order valence-corrected chi connectivity index (χ0v) is 11.6. The Bertz CT molecular complexity index is 732.